The first-order chi connectivity index (χ1) is 10.9. The average molecular weight is 334 g/mol. The summed E-state index contributed by atoms with van der Waals surface area (Å²) in [7, 11) is -3.94. The van der Waals surface area contributed by atoms with Crippen LogP contribution in [0.2, 0.25) is 0 Å². The monoisotopic (exact) mass is 334 g/mol. The van der Waals surface area contributed by atoms with Gasteiger partial charge in [-0.15, -0.1) is 0 Å². The van der Waals surface area contributed by atoms with E-state index in [-0.39, 0.29) is 23.6 Å². The molecule has 2 amide bonds. The SMILES string of the molecule is CCNC(=O)CCC(=O)NS(=O)(=O)c1ccc2ccccc2c1. The predicted octanol–water partition coefficient (Wildman–Crippen LogP) is 1.56. The molecule has 0 atom stereocenters. The minimum absolute atomic E-state index is 0.0163. The first-order valence-electron chi connectivity index (χ1n) is 7.23. The van der Waals surface area contributed by atoms with Crippen LogP contribution in [0.5, 0.6) is 0 Å². The Labute approximate surface area is 134 Å². The Bertz CT molecular complexity index is 831. The van der Waals surface area contributed by atoms with Crippen molar-refractivity contribution in [2.75, 3.05) is 6.54 Å². The number of rotatable bonds is 6. The third kappa shape index (κ3) is 4.53. The van der Waals surface area contributed by atoms with E-state index in [1.54, 1.807) is 19.1 Å². The first-order valence-corrected chi connectivity index (χ1v) is 8.72. The summed E-state index contributed by atoms with van der Waals surface area (Å²) < 4.78 is 26.4. The maximum absolute atomic E-state index is 12.2. The molecule has 0 aliphatic heterocycles. The molecule has 0 spiro atoms. The number of amides is 2. The lowest BCUT2D eigenvalue weighted by Crippen LogP contribution is -2.32. The lowest BCUT2D eigenvalue weighted by molar-refractivity contribution is -0.125. The van der Waals surface area contributed by atoms with Gasteiger partial charge in [0.2, 0.25) is 11.8 Å². The Morgan fingerprint density at radius 3 is 2.30 bits per heavy atom. The zero-order chi connectivity index (χ0) is 16.9. The molecule has 0 unspecified atom stereocenters. The van der Waals surface area contributed by atoms with Crippen LogP contribution in [-0.4, -0.2) is 26.8 Å². The van der Waals surface area contributed by atoms with Gasteiger partial charge < -0.3 is 5.32 Å². The van der Waals surface area contributed by atoms with Crippen LogP contribution in [0.25, 0.3) is 10.8 Å². The summed E-state index contributed by atoms with van der Waals surface area (Å²) in [6, 6.07) is 12.0. The van der Waals surface area contributed by atoms with Gasteiger partial charge in [-0.1, -0.05) is 30.3 Å². The van der Waals surface area contributed by atoms with E-state index < -0.39 is 15.9 Å². The van der Waals surface area contributed by atoms with Gasteiger partial charge in [0.25, 0.3) is 10.0 Å². The zero-order valence-electron chi connectivity index (χ0n) is 12.7. The van der Waals surface area contributed by atoms with Crippen molar-refractivity contribution in [2.24, 2.45) is 0 Å². The number of hydrogen-bond acceptors (Lipinski definition) is 4. The summed E-state index contributed by atoms with van der Waals surface area (Å²) in [5.74, 6) is -0.991. The molecule has 23 heavy (non-hydrogen) atoms. The van der Waals surface area contributed by atoms with Crippen LogP contribution >= 0.6 is 0 Å². The van der Waals surface area contributed by atoms with Crippen molar-refractivity contribution in [1.29, 1.82) is 0 Å². The fraction of sp³-hybridized carbons (Fsp3) is 0.250. The van der Waals surface area contributed by atoms with Crippen LogP contribution in [0, 0.1) is 0 Å². The molecule has 0 heterocycles. The molecule has 122 valence electrons. The van der Waals surface area contributed by atoms with Gasteiger partial charge in [0, 0.05) is 19.4 Å². The molecule has 2 aromatic carbocycles. The Balaban J connectivity index is 2.08. The van der Waals surface area contributed by atoms with E-state index in [1.165, 1.54) is 12.1 Å². The molecule has 0 radical (unpaired) electrons. The van der Waals surface area contributed by atoms with E-state index in [0.717, 1.165) is 10.8 Å². The van der Waals surface area contributed by atoms with Crippen molar-refractivity contribution in [2.45, 2.75) is 24.7 Å². The zero-order valence-corrected chi connectivity index (χ0v) is 13.5. The lowest BCUT2D eigenvalue weighted by atomic mass is 10.1. The molecule has 0 aromatic heterocycles. The van der Waals surface area contributed by atoms with Gasteiger partial charge in [-0.2, -0.15) is 0 Å². The summed E-state index contributed by atoms with van der Waals surface area (Å²) >= 11 is 0. The number of nitrogens with one attached hydrogen (secondary N) is 2. The third-order valence-electron chi connectivity index (χ3n) is 3.23. The van der Waals surface area contributed by atoms with Crippen LogP contribution in [0.1, 0.15) is 19.8 Å². The summed E-state index contributed by atoms with van der Waals surface area (Å²) in [6.07, 6.45) is -0.231. The summed E-state index contributed by atoms with van der Waals surface area (Å²) in [4.78, 5) is 23.0. The fourth-order valence-electron chi connectivity index (χ4n) is 2.11. The van der Waals surface area contributed by atoms with Gasteiger partial charge in [0.15, 0.2) is 0 Å². The normalized spacial score (nSPS) is 11.2. The Hall–Kier alpha value is -2.41. The topological polar surface area (TPSA) is 92.3 Å². The highest BCUT2D eigenvalue weighted by atomic mass is 32.2. The van der Waals surface area contributed by atoms with Gasteiger partial charge in [-0.05, 0) is 29.8 Å². The fourth-order valence-corrected chi connectivity index (χ4v) is 3.16. The summed E-state index contributed by atoms with van der Waals surface area (Å²) in [5.41, 5.74) is 0. The molecule has 0 saturated carbocycles. The third-order valence-corrected chi connectivity index (χ3v) is 4.60. The number of sulfonamides is 1. The molecular weight excluding hydrogens is 316 g/mol. The van der Waals surface area contributed by atoms with Gasteiger partial charge >= 0.3 is 0 Å². The average Bonchev–Trinajstić information content (AvgIpc) is 2.52. The molecule has 2 rings (SSSR count). The van der Waals surface area contributed by atoms with Crippen LogP contribution in [-0.2, 0) is 19.6 Å². The molecular formula is C16H18N2O4S. The maximum Gasteiger partial charge on any atom is 0.264 e. The minimum atomic E-state index is -3.94. The Morgan fingerprint density at radius 1 is 0.957 bits per heavy atom. The number of carbonyl (C=O) groups excluding carboxylic acids is 2. The van der Waals surface area contributed by atoms with Crippen LogP contribution in [0.15, 0.2) is 47.4 Å². The largest absolute Gasteiger partial charge is 0.356 e. The standard InChI is InChI=1S/C16H18N2O4S/c1-2-17-15(19)9-10-16(20)18-23(21,22)14-8-7-12-5-3-4-6-13(12)11-14/h3-8,11H,2,9-10H2,1H3,(H,17,19)(H,18,20). The number of fused-ring (bicyclic) bond motifs is 1. The predicted molar refractivity (Wildman–Crippen MR) is 87.2 cm³/mol. The number of hydrogen-bond donors (Lipinski definition) is 2. The van der Waals surface area contributed by atoms with Crippen molar-refractivity contribution in [3.05, 3.63) is 42.5 Å². The van der Waals surface area contributed by atoms with Gasteiger partial charge in [0.1, 0.15) is 0 Å². The molecule has 0 fully saturated rings. The summed E-state index contributed by atoms with van der Waals surface area (Å²) in [6.45, 7) is 2.23. The molecule has 6 nitrogen and oxygen atoms in total. The van der Waals surface area contributed by atoms with Crippen molar-refractivity contribution in [3.63, 3.8) is 0 Å². The van der Waals surface area contributed by atoms with E-state index in [0.29, 0.717) is 6.54 Å². The van der Waals surface area contributed by atoms with Crippen LogP contribution in [0.3, 0.4) is 0 Å². The quantitative estimate of drug-likeness (QED) is 0.838. The number of carbonyl (C=O) groups is 2. The maximum atomic E-state index is 12.2. The van der Waals surface area contributed by atoms with E-state index in [9.17, 15) is 18.0 Å². The van der Waals surface area contributed by atoms with E-state index in [2.05, 4.69) is 5.32 Å². The lowest BCUT2D eigenvalue weighted by Gasteiger charge is -2.08. The first kappa shape index (κ1) is 17.0. The van der Waals surface area contributed by atoms with E-state index >= 15 is 0 Å². The molecule has 0 bridgehead atoms. The molecule has 0 aliphatic rings. The summed E-state index contributed by atoms with van der Waals surface area (Å²) in [5, 5.41) is 4.23. The Morgan fingerprint density at radius 2 is 1.61 bits per heavy atom. The highest BCUT2D eigenvalue weighted by Gasteiger charge is 2.18. The van der Waals surface area contributed by atoms with Crippen molar-refractivity contribution in [3.8, 4) is 0 Å². The molecule has 0 aliphatic carbocycles. The van der Waals surface area contributed by atoms with Crippen LogP contribution < -0.4 is 10.0 Å². The molecule has 0 saturated heterocycles. The van der Waals surface area contributed by atoms with Crippen molar-refractivity contribution < 1.29 is 18.0 Å². The molecule has 2 N–H and O–H groups in total. The van der Waals surface area contributed by atoms with Crippen LogP contribution in [0.4, 0.5) is 0 Å². The second kappa shape index (κ2) is 7.23. The number of benzene rings is 2. The molecule has 7 heteroatoms. The smallest absolute Gasteiger partial charge is 0.264 e. The highest BCUT2D eigenvalue weighted by molar-refractivity contribution is 7.90. The highest BCUT2D eigenvalue weighted by Crippen LogP contribution is 2.18. The van der Waals surface area contributed by atoms with E-state index in [1.807, 2.05) is 22.9 Å². The van der Waals surface area contributed by atoms with E-state index in [4.69, 9.17) is 0 Å². The molecule has 2 aromatic rings. The van der Waals surface area contributed by atoms with Crippen molar-refractivity contribution >= 4 is 32.6 Å². The van der Waals surface area contributed by atoms with Crippen molar-refractivity contribution in [1.82, 2.24) is 10.0 Å². The second-order valence-electron chi connectivity index (χ2n) is 4.99. The second-order valence-corrected chi connectivity index (χ2v) is 6.67. The minimum Gasteiger partial charge on any atom is -0.356 e. The van der Waals surface area contributed by atoms with Gasteiger partial charge in [-0.25, -0.2) is 13.1 Å². The van der Waals surface area contributed by atoms with Gasteiger partial charge in [0.05, 0.1) is 4.90 Å². The van der Waals surface area contributed by atoms with Gasteiger partial charge in [-0.3, -0.25) is 9.59 Å². The Kier molecular flexibility index (Phi) is 5.33.